The summed E-state index contributed by atoms with van der Waals surface area (Å²) in [7, 11) is 1.47. The van der Waals surface area contributed by atoms with E-state index in [-0.39, 0.29) is 12.5 Å². The lowest BCUT2D eigenvalue weighted by Gasteiger charge is -2.09. The molecule has 8 nitrogen and oxygen atoms in total. The van der Waals surface area contributed by atoms with Crippen LogP contribution < -0.4 is 15.4 Å². The smallest absolute Gasteiger partial charge is 0.321 e. The average molecular weight is 282 g/mol. The molecule has 110 valence electrons. The van der Waals surface area contributed by atoms with E-state index in [4.69, 9.17) is 9.84 Å². The van der Waals surface area contributed by atoms with Crippen LogP contribution in [0.1, 0.15) is 19.0 Å². The number of anilines is 1. The van der Waals surface area contributed by atoms with Crippen LogP contribution in [0.3, 0.4) is 0 Å². The molecule has 1 aromatic heterocycles. The van der Waals surface area contributed by atoms with Gasteiger partial charge in [0.25, 0.3) is 0 Å². The third-order valence-corrected chi connectivity index (χ3v) is 2.55. The molecule has 3 N–H and O–H groups in total. The van der Waals surface area contributed by atoms with Crippen molar-refractivity contribution in [1.29, 1.82) is 0 Å². The minimum atomic E-state index is -0.890. The van der Waals surface area contributed by atoms with Gasteiger partial charge in [-0.2, -0.15) is 4.98 Å². The topological polar surface area (TPSA) is 113 Å². The summed E-state index contributed by atoms with van der Waals surface area (Å²) < 4.78 is 4.97. The Bertz CT molecular complexity index is 492. The van der Waals surface area contributed by atoms with Gasteiger partial charge in [-0.25, -0.2) is 9.78 Å². The number of carbonyl (C=O) groups excluding carboxylic acids is 1. The fourth-order valence-electron chi connectivity index (χ4n) is 1.37. The second-order valence-corrected chi connectivity index (χ2v) is 4.28. The first-order valence-corrected chi connectivity index (χ1v) is 6.09. The van der Waals surface area contributed by atoms with Gasteiger partial charge in [-0.1, -0.05) is 6.92 Å². The normalized spacial score (nSPS) is 11.6. The maximum absolute atomic E-state index is 11.6. The zero-order valence-corrected chi connectivity index (χ0v) is 11.6. The molecular weight excluding hydrogens is 264 g/mol. The third-order valence-electron chi connectivity index (χ3n) is 2.55. The van der Waals surface area contributed by atoms with Crippen molar-refractivity contribution in [3.05, 3.63) is 11.8 Å². The number of rotatable bonds is 6. The van der Waals surface area contributed by atoms with E-state index in [0.29, 0.717) is 18.0 Å². The monoisotopic (exact) mass is 282 g/mol. The maximum Gasteiger partial charge on any atom is 0.321 e. The highest BCUT2D eigenvalue weighted by atomic mass is 16.5. The van der Waals surface area contributed by atoms with Crippen LogP contribution in [0.4, 0.5) is 10.7 Å². The van der Waals surface area contributed by atoms with Crippen LogP contribution in [0.15, 0.2) is 6.07 Å². The number of carbonyl (C=O) groups is 2. The van der Waals surface area contributed by atoms with Gasteiger partial charge in [0.2, 0.25) is 11.8 Å². The summed E-state index contributed by atoms with van der Waals surface area (Å²) >= 11 is 0. The molecule has 0 aliphatic heterocycles. The number of carboxylic acids is 1. The van der Waals surface area contributed by atoms with Crippen LogP contribution in [0, 0.1) is 12.8 Å². The summed E-state index contributed by atoms with van der Waals surface area (Å²) in [6.07, 6.45) is 0.348. The molecule has 1 aromatic rings. The number of ether oxygens (including phenoxy) is 1. The number of methoxy groups -OCH3 is 1. The molecule has 0 fully saturated rings. The Morgan fingerprint density at radius 3 is 2.75 bits per heavy atom. The van der Waals surface area contributed by atoms with E-state index in [1.54, 1.807) is 19.9 Å². The Morgan fingerprint density at radius 2 is 2.15 bits per heavy atom. The standard InChI is InChI=1S/C12H18N4O4/c1-7(10(17)18)4-5-13-12(19)16-11-14-8(2)6-9(15-11)20-3/h6-7H,4-5H2,1-3H3,(H,17,18)(H2,13,14,15,16,19). The molecule has 1 heterocycles. The number of hydrogen-bond acceptors (Lipinski definition) is 5. The van der Waals surface area contributed by atoms with Crippen molar-refractivity contribution in [2.45, 2.75) is 20.3 Å². The molecule has 0 aromatic carbocycles. The Kier molecular flexibility index (Phi) is 5.70. The number of amides is 2. The molecule has 1 rings (SSSR count). The van der Waals surface area contributed by atoms with Crippen molar-refractivity contribution in [3.8, 4) is 5.88 Å². The molecule has 0 aliphatic rings. The fourth-order valence-corrected chi connectivity index (χ4v) is 1.37. The first-order valence-electron chi connectivity index (χ1n) is 6.09. The predicted octanol–water partition coefficient (Wildman–Crippen LogP) is 1.03. The number of hydrogen-bond donors (Lipinski definition) is 3. The van der Waals surface area contributed by atoms with E-state index in [2.05, 4.69) is 20.6 Å². The lowest BCUT2D eigenvalue weighted by atomic mass is 10.1. The largest absolute Gasteiger partial charge is 0.481 e. The summed E-state index contributed by atoms with van der Waals surface area (Å²) in [5, 5.41) is 13.7. The van der Waals surface area contributed by atoms with Crippen molar-refractivity contribution < 1.29 is 19.4 Å². The SMILES string of the molecule is COc1cc(C)nc(NC(=O)NCCC(C)C(=O)O)n1. The molecular formula is C12H18N4O4. The van der Waals surface area contributed by atoms with E-state index in [9.17, 15) is 9.59 Å². The first kappa shape index (κ1) is 15.7. The van der Waals surface area contributed by atoms with Gasteiger partial charge in [0.15, 0.2) is 0 Å². The fraction of sp³-hybridized carbons (Fsp3) is 0.500. The lowest BCUT2D eigenvalue weighted by Crippen LogP contribution is -2.31. The van der Waals surface area contributed by atoms with E-state index in [0.717, 1.165) is 0 Å². The zero-order chi connectivity index (χ0) is 15.1. The van der Waals surface area contributed by atoms with Gasteiger partial charge in [0.1, 0.15) is 0 Å². The second kappa shape index (κ2) is 7.27. The average Bonchev–Trinajstić information content (AvgIpc) is 2.37. The number of nitrogens with zero attached hydrogens (tertiary/aromatic N) is 2. The molecule has 0 radical (unpaired) electrons. The van der Waals surface area contributed by atoms with E-state index in [1.165, 1.54) is 7.11 Å². The van der Waals surface area contributed by atoms with Gasteiger partial charge in [0, 0.05) is 18.3 Å². The Labute approximate surface area is 116 Å². The molecule has 0 aliphatic carbocycles. The van der Waals surface area contributed by atoms with Crippen molar-refractivity contribution in [1.82, 2.24) is 15.3 Å². The minimum absolute atomic E-state index is 0.130. The van der Waals surface area contributed by atoms with E-state index in [1.807, 2.05) is 0 Å². The summed E-state index contributed by atoms with van der Waals surface area (Å²) in [4.78, 5) is 30.2. The van der Waals surface area contributed by atoms with Crippen LogP contribution in [-0.2, 0) is 4.79 Å². The molecule has 2 amide bonds. The maximum atomic E-state index is 11.6. The van der Waals surface area contributed by atoms with Gasteiger partial charge < -0.3 is 15.2 Å². The number of carboxylic acid groups (broad SMARTS) is 1. The molecule has 0 saturated carbocycles. The predicted molar refractivity (Wildman–Crippen MR) is 71.8 cm³/mol. The molecule has 1 unspecified atom stereocenters. The third kappa shape index (κ3) is 5.09. The van der Waals surface area contributed by atoms with Gasteiger partial charge in [-0.05, 0) is 13.3 Å². The van der Waals surface area contributed by atoms with Crippen LogP contribution in [0.2, 0.25) is 0 Å². The molecule has 0 saturated heterocycles. The van der Waals surface area contributed by atoms with Crippen molar-refractivity contribution in [2.75, 3.05) is 19.0 Å². The number of nitrogens with one attached hydrogen (secondary N) is 2. The summed E-state index contributed by atoms with van der Waals surface area (Å²) in [6, 6.07) is 1.15. The number of urea groups is 1. The zero-order valence-electron chi connectivity index (χ0n) is 11.6. The highest BCUT2D eigenvalue weighted by Crippen LogP contribution is 2.10. The highest BCUT2D eigenvalue weighted by Gasteiger charge is 2.11. The van der Waals surface area contributed by atoms with E-state index < -0.39 is 17.9 Å². The molecule has 8 heteroatoms. The molecule has 0 spiro atoms. The van der Waals surface area contributed by atoms with Crippen LogP contribution in [0.5, 0.6) is 5.88 Å². The number of aryl methyl sites for hydroxylation is 1. The Morgan fingerprint density at radius 1 is 1.45 bits per heavy atom. The highest BCUT2D eigenvalue weighted by molar-refractivity contribution is 5.87. The van der Waals surface area contributed by atoms with Gasteiger partial charge in [-0.3, -0.25) is 10.1 Å². The summed E-state index contributed by atoms with van der Waals surface area (Å²) in [5.74, 6) is -0.914. The summed E-state index contributed by atoms with van der Waals surface area (Å²) in [5.41, 5.74) is 0.659. The number of aliphatic carboxylic acids is 1. The van der Waals surface area contributed by atoms with Crippen molar-refractivity contribution in [3.63, 3.8) is 0 Å². The summed E-state index contributed by atoms with van der Waals surface area (Å²) in [6.45, 7) is 3.58. The van der Waals surface area contributed by atoms with Crippen LogP contribution in [-0.4, -0.2) is 40.7 Å². The van der Waals surface area contributed by atoms with Gasteiger partial charge in [-0.15, -0.1) is 0 Å². The van der Waals surface area contributed by atoms with Gasteiger partial charge >= 0.3 is 12.0 Å². The van der Waals surface area contributed by atoms with Crippen LogP contribution in [0.25, 0.3) is 0 Å². The van der Waals surface area contributed by atoms with Crippen molar-refractivity contribution >= 4 is 17.9 Å². The minimum Gasteiger partial charge on any atom is -0.481 e. The van der Waals surface area contributed by atoms with E-state index >= 15 is 0 Å². The lowest BCUT2D eigenvalue weighted by molar-refractivity contribution is -0.141. The van der Waals surface area contributed by atoms with Crippen molar-refractivity contribution in [2.24, 2.45) is 5.92 Å². The second-order valence-electron chi connectivity index (χ2n) is 4.28. The Balaban J connectivity index is 2.46. The quantitative estimate of drug-likeness (QED) is 0.718. The van der Waals surface area contributed by atoms with Crippen LogP contribution >= 0.6 is 0 Å². The first-order chi connectivity index (χ1) is 9.42. The Hall–Kier alpha value is -2.38. The molecule has 0 bridgehead atoms. The number of aromatic nitrogens is 2. The molecule has 20 heavy (non-hydrogen) atoms. The van der Waals surface area contributed by atoms with Gasteiger partial charge in [0.05, 0.1) is 13.0 Å². The molecule has 1 atom stereocenters.